The Labute approximate surface area is 200 Å². The molecule has 0 saturated carbocycles. The zero-order chi connectivity index (χ0) is 25.0. The second-order valence-corrected chi connectivity index (χ2v) is 8.18. The maximum atomic E-state index is 14.3. The van der Waals surface area contributed by atoms with Crippen LogP contribution in [0.15, 0.2) is 53.8 Å². The molecule has 0 aliphatic heterocycles. The summed E-state index contributed by atoms with van der Waals surface area (Å²) >= 11 is 6.00. The quantitative estimate of drug-likeness (QED) is 0.229. The second kappa shape index (κ2) is 14.1. The normalized spacial score (nSPS) is 11.5. The number of aromatic nitrogens is 1. The van der Waals surface area contributed by atoms with E-state index in [0.717, 1.165) is 18.6 Å². The molecule has 1 aromatic heterocycles. The van der Waals surface area contributed by atoms with Crippen molar-refractivity contribution in [1.29, 1.82) is 5.41 Å². The van der Waals surface area contributed by atoms with Crippen LogP contribution in [0.25, 0.3) is 5.57 Å². The van der Waals surface area contributed by atoms with Crippen molar-refractivity contribution in [3.63, 3.8) is 0 Å². The molecule has 2 rings (SSSR count). The number of rotatable bonds is 8. The average Bonchev–Trinajstić information content (AvgIpc) is 2.75. The van der Waals surface area contributed by atoms with Gasteiger partial charge in [-0.25, -0.2) is 9.37 Å². The van der Waals surface area contributed by atoms with E-state index in [1.54, 1.807) is 19.2 Å². The minimum absolute atomic E-state index is 0.202. The van der Waals surface area contributed by atoms with Gasteiger partial charge in [-0.3, -0.25) is 4.99 Å². The topological polar surface area (TPSA) is 96.4 Å². The number of nitrogens with zero attached hydrogens (tertiary/aromatic N) is 2. The van der Waals surface area contributed by atoms with Crippen LogP contribution in [0.4, 0.5) is 15.9 Å². The first-order chi connectivity index (χ1) is 15.6. The fourth-order valence-corrected chi connectivity index (χ4v) is 2.68. The number of allylic oxidation sites excluding steroid dienone is 2. The number of aliphatic imine (C=N–C) groups is 1. The molecule has 0 unspecified atom stereocenters. The molecule has 0 bridgehead atoms. The molecule has 4 N–H and O–H groups in total. The Balaban J connectivity index is 0.00000125. The van der Waals surface area contributed by atoms with Crippen molar-refractivity contribution in [3.8, 4) is 0 Å². The van der Waals surface area contributed by atoms with E-state index in [9.17, 15) is 4.39 Å². The number of pyridine rings is 1. The van der Waals surface area contributed by atoms with E-state index in [2.05, 4.69) is 42.6 Å². The molecule has 0 amide bonds. The maximum Gasteiger partial charge on any atom is 0.232 e. The number of anilines is 2. The second-order valence-electron chi connectivity index (χ2n) is 7.74. The highest BCUT2D eigenvalue weighted by Gasteiger charge is 2.14. The lowest BCUT2D eigenvalue weighted by molar-refractivity contribution is 0.304. The Kier molecular flexibility index (Phi) is 11.9. The van der Waals surface area contributed by atoms with Gasteiger partial charge in [-0.15, -0.1) is 0 Å². The number of ether oxygens (including phenoxy) is 1. The molecule has 0 aliphatic carbocycles. The summed E-state index contributed by atoms with van der Waals surface area (Å²) in [5.41, 5.74) is 7.85. The van der Waals surface area contributed by atoms with Gasteiger partial charge in [0.15, 0.2) is 0 Å². The third-order valence-electron chi connectivity index (χ3n) is 3.90. The van der Waals surface area contributed by atoms with E-state index in [4.69, 9.17) is 27.5 Å². The fraction of sp³-hybridized carbons (Fsp3) is 0.320. The Morgan fingerprint density at radius 1 is 1.36 bits per heavy atom. The molecule has 0 spiro atoms. The van der Waals surface area contributed by atoms with Crippen molar-refractivity contribution < 1.29 is 9.13 Å². The van der Waals surface area contributed by atoms with Gasteiger partial charge in [0.05, 0.1) is 17.9 Å². The minimum atomic E-state index is -0.451. The largest absolute Gasteiger partial charge is 0.476 e. The zero-order valence-electron chi connectivity index (χ0n) is 19.9. The van der Waals surface area contributed by atoms with E-state index in [0.29, 0.717) is 40.0 Å². The lowest BCUT2D eigenvalue weighted by Crippen LogP contribution is -2.17. The molecular formula is C25H33ClFN5O. The predicted octanol–water partition coefficient (Wildman–Crippen LogP) is 6.58. The molecule has 0 aliphatic rings. The minimum Gasteiger partial charge on any atom is -0.476 e. The number of nitrogens with one attached hydrogen (secondary N) is 2. The van der Waals surface area contributed by atoms with Crippen molar-refractivity contribution in [3.05, 3.63) is 70.8 Å². The molecule has 2 aromatic rings. The number of benzene rings is 1. The summed E-state index contributed by atoms with van der Waals surface area (Å²) in [4.78, 5) is 8.17. The van der Waals surface area contributed by atoms with E-state index < -0.39 is 5.82 Å². The number of nitrogen functional groups attached to an aromatic ring is 1. The van der Waals surface area contributed by atoms with Gasteiger partial charge in [-0.2, -0.15) is 0 Å². The van der Waals surface area contributed by atoms with Crippen LogP contribution in [0, 0.1) is 17.1 Å². The van der Waals surface area contributed by atoms with Crippen LogP contribution in [0.5, 0.6) is 0 Å². The highest BCUT2D eigenvalue weighted by molar-refractivity contribution is 6.30. The molecule has 0 atom stereocenters. The molecule has 0 fully saturated rings. The van der Waals surface area contributed by atoms with Crippen molar-refractivity contribution in [2.45, 2.75) is 34.1 Å². The zero-order valence-corrected chi connectivity index (χ0v) is 20.6. The summed E-state index contributed by atoms with van der Waals surface area (Å²) in [6.45, 7) is 12.9. The predicted molar refractivity (Wildman–Crippen MR) is 139 cm³/mol. The van der Waals surface area contributed by atoms with Crippen LogP contribution in [-0.4, -0.2) is 30.8 Å². The first-order valence-corrected chi connectivity index (χ1v) is 11.0. The third-order valence-corrected chi connectivity index (χ3v) is 4.14. The summed E-state index contributed by atoms with van der Waals surface area (Å²) in [5, 5.41) is 11.2. The summed E-state index contributed by atoms with van der Waals surface area (Å²) in [6, 6.07) is 5.91. The van der Waals surface area contributed by atoms with Gasteiger partial charge in [0.1, 0.15) is 17.3 Å². The Morgan fingerprint density at radius 2 is 2.03 bits per heavy atom. The van der Waals surface area contributed by atoms with Gasteiger partial charge >= 0.3 is 0 Å². The average molecular weight is 474 g/mol. The highest BCUT2D eigenvalue weighted by Crippen LogP contribution is 2.25. The number of nitrogens with two attached hydrogens (primary N) is 1. The molecule has 1 aromatic carbocycles. The lowest BCUT2D eigenvalue weighted by Gasteiger charge is -2.17. The summed E-state index contributed by atoms with van der Waals surface area (Å²) in [5.74, 6) is 0.892. The third kappa shape index (κ3) is 9.06. The smallest absolute Gasteiger partial charge is 0.232 e. The van der Waals surface area contributed by atoms with Gasteiger partial charge in [-0.1, -0.05) is 45.9 Å². The van der Waals surface area contributed by atoms with E-state index in [-0.39, 0.29) is 11.4 Å². The van der Waals surface area contributed by atoms with Crippen LogP contribution in [-0.2, 0) is 4.74 Å². The Bertz CT molecular complexity index is 1020. The number of hydrogen-bond acceptors (Lipinski definition) is 6. The monoisotopic (exact) mass is 473 g/mol. The Hall–Kier alpha value is -3.19. The first-order valence-electron chi connectivity index (χ1n) is 10.6. The number of halogens is 2. The standard InChI is InChI=1S/C21H23ClFN5O.C4H10/c1-4-9-29-21(26-3)19(28-18-7-8-27-20(25)16(18)12-24)10-13(2)15-11-14(22)5-6-17(15)23;1-4(2)3/h5-8,10-12,24H,2,4,9H2,1,3H3,(H3,25,27,28);4H,1-3H3/b19-10+,24-12?,26-21?;. The molecule has 8 heteroatoms. The van der Waals surface area contributed by atoms with Crippen molar-refractivity contribution in [2.75, 3.05) is 24.7 Å². The SMILES string of the molecule is C=C(/C=C(/Nc1ccnc(N)c1C=N)C(=NC)OCCC)c1cc(Cl)ccc1F.CC(C)C. The van der Waals surface area contributed by atoms with Crippen LogP contribution in [0.1, 0.15) is 45.2 Å². The molecule has 6 nitrogen and oxygen atoms in total. The van der Waals surface area contributed by atoms with E-state index in [1.807, 2.05) is 6.92 Å². The Morgan fingerprint density at radius 3 is 2.61 bits per heavy atom. The van der Waals surface area contributed by atoms with Crippen molar-refractivity contribution >= 4 is 40.8 Å². The van der Waals surface area contributed by atoms with Gasteiger partial charge in [0.25, 0.3) is 0 Å². The summed E-state index contributed by atoms with van der Waals surface area (Å²) in [6.07, 6.45) is 5.01. The molecule has 1 heterocycles. The molecule has 33 heavy (non-hydrogen) atoms. The fourth-order valence-electron chi connectivity index (χ4n) is 2.50. The first kappa shape index (κ1) is 27.8. The van der Waals surface area contributed by atoms with Gasteiger partial charge in [0, 0.05) is 30.0 Å². The molecule has 178 valence electrons. The number of hydrogen-bond donors (Lipinski definition) is 3. The van der Waals surface area contributed by atoms with Crippen LogP contribution >= 0.6 is 11.6 Å². The van der Waals surface area contributed by atoms with Gasteiger partial charge < -0.3 is 21.2 Å². The van der Waals surface area contributed by atoms with E-state index >= 15 is 0 Å². The molecule has 0 saturated heterocycles. The summed E-state index contributed by atoms with van der Waals surface area (Å²) < 4.78 is 20.0. The maximum absolute atomic E-state index is 14.3. The molecule has 0 radical (unpaired) electrons. The van der Waals surface area contributed by atoms with Crippen LogP contribution in [0.2, 0.25) is 5.02 Å². The van der Waals surface area contributed by atoms with Gasteiger partial charge in [0.2, 0.25) is 5.90 Å². The van der Waals surface area contributed by atoms with Crippen molar-refractivity contribution in [2.24, 2.45) is 10.9 Å². The van der Waals surface area contributed by atoms with Crippen LogP contribution in [0.3, 0.4) is 0 Å². The highest BCUT2D eigenvalue weighted by atomic mass is 35.5. The van der Waals surface area contributed by atoms with Crippen molar-refractivity contribution in [1.82, 2.24) is 4.98 Å². The van der Waals surface area contributed by atoms with Crippen LogP contribution < -0.4 is 11.1 Å². The summed E-state index contributed by atoms with van der Waals surface area (Å²) in [7, 11) is 1.58. The molecular weight excluding hydrogens is 441 g/mol. The lowest BCUT2D eigenvalue weighted by atomic mass is 10.1. The van der Waals surface area contributed by atoms with Gasteiger partial charge in [-0.05, 0) is 48.3 Å². The van der Waals surface area contributed by atoms with E-state index in [1.165, 1.54) is 24.4 Å².